The highest BCUT2D eigenvalue weighted by Crippen LogP contribution is 2.27. The van der Waals surface area contributed by atoms with Gasteiger partial charge in [0.15, 0.2) is 16.7 Å². The number of carbonyl (C=O) groups excluding carboxylic acids is 1. The lowest BCUT2D eigenvalue weighted by Gasteiger charge is -2.13. The number of benzene rings is 1. The molecule has 2 aromatic heterocycles. The molecule has 1 unspecified atom stereocenters. The van der Waals surface area contributed by atoms with Crippen molar-refractivity contribution in [2.24, 2.45) is 0 Å². The fourth-order valence-electron chi connectivity index (χ4n) is 2.64. The van der Waals surface area contributed by atoms with Gasteiger partial charge in [0.2, 0.25) is 5.91 Å². The number of hydrogen-bond donors (Lipinski definition) is 1. The summed E-state index contributed by atoms with van der Waals surface area (Å²) in [7, 11) is 1.62. The van der Waals surface area contributed by atoms with Crippen LogP contribution < -0.4 is 10.1 Å². The first-order valence-corrected chi connectivity index (χ1v) is 9.55. The molecule has 3 rings (SSSR count). The van der Waals surface area contributed by atoms with Gasteiger partial charge in [0.1, 0.15) is 5.75 Å². The molecule has 0 aliphatic rings. The summed E-state index contributed by atoms with van der Waals surface area (Å²) in [5.74, 6) is 2.00. The smallest absolute Gasteiger partial charge is 0.233 e. The van der Waals surface area contributed by atoms with Gasteiger partial charge in [-0.1, -0.05) is 30.0 Å². The predicted molar refractivity (Wildman–Crippen MR) is 104 cm³/mol. The molecule has 0 bridgehead atoms. The van der Waals surface area contributed by atoms with Gasteiger partial charge in [-0.25, -0.2) is 0 Å². The summed E-state index contributed by atoms with van der Waals surface area (Å²) < 4.78 is 12.7. The zero-order chi connectivity index (χ0) is 19.2. The molecule has 142 valence electrons. The van der Waals surface area contributed by atoms with Gasteiger partial charge >= 0.3 is 0 Å². The average molecular weight is 386 g/mol. The predicted octanol–water partition coefficient (Wildman–Crippen LogP) is 3.36. The molecule has 7 nitrogen and oxygen atoms in total. The molecule has 0 radical (unpaired) electrons. The van der Waals surface area contributed by atoms with E-state index < -0.39 is 0 Å². The van der Waals surface area contributed by atoms with Crippen LogP contribution in [0.15, 0.2) is 52.2 Å². The van der Waals surface area contributed by atoms with Crippen LogP contribution in [-0.4, -0.2) is 33.0 Å². The third-order valence-electron chi connectivity index (χ3n) is 4.07. The number of amides is 1. The highest BCUT2D eigenvalue weighted by molar-refractivity contribution is 8.00. The van der Waals surface area contributed by atoms with E-state index in [1.54, 1.807) is 13.4 Å². The zero-order valence-corrected chi connectivity index (χ0v) is 16.3. The number of ether oxygens (including phenoxy) is 1. The largest absolute Gasteiger partial charge is 0.496 e. The van der Waals surface area contributed by atoms with Crippen LogP contribution in [0.4, 0.5) is 0 Å². The van der Waals surface area contributed by atoms with Gasteiger partial charge in [0, 0.05) is 18.7 Å². The molecule has 3 aromatic rings. The number of methoxy groups -OCH3 is 1. The summed E-state index contributed by atoms with van der Waals surface area (Å²) in [5.41, 5.74) is 0.933. The van der Waals surface area contributed by atoms with E-state index in [1.165, 1.54) is 11.8 Å². The highest BCUT2D eigenvalue weighted by Gasteiger charge is 2.21. The van der Waals surface area contributed by atoms with E-state index in [2.05, 4.69) is 15.5 Å². The van der Waals surface area contributed by atoms with Crippen molar-refractivity contribution in [1.82, 2.24) is 20.1 Å². The molecule has 1 atom stereocenters. The topological polar surface area (TPSA) is 82.2 Å². The summed E-state index contributed by atoms with van der Waals surface area (Å²) >= 11 is 1.37. The van der Waals surface area contributed by atoms with E-state index in [4.69, 9.17) is 9.15 Å². The maximum absolute atomic E-state index is 12.5. The fourth-order valence-corrected chi connectivity index (χ4v) is 3.57. The molecule has 0 saturated carbocycles. The van der Waals surface area contributed by atoms with Crippen LogP contribution in [0.5, 0.6) is 5.75 Å². The number of aromatic nitrogens is 3. The second kappa shape index (κ2) is 8.77. The Hall–Kier alpha value is -2.74. The van der Waals surface area contributed by atoms with Crippen molar-refractivity contribution in [2.75, 3.05) is 7.11 Å². The van der Waals surface area contributed by atoms with Crippen LogP contribution >= 0.6 is 11.8 Å². The standard InChI is InChI=1S/C19H22N4O3S/c1-4-23-17(16-10-7-11-26-16)21-22-19(23)27-13(2)18(24)20-12-14-8-5-6-9-15(14)25-3/h5-11,13H,4,12H2,1-3H3,(H,20,24). The van der Waals surface area contributed by atoms with Crippen molar-refractivity contribution >= 4 is 17.7 Å². The quantitative estimate of drug-likeness (QED) is 0.598. The summed E-state index contributed by atoms with van der Waals surface area (Å²) in [6.07, 6.45) is 1.60. The van der Waals surface area contributed by atoms with Gasteiger partial charge in [-0.05, 0) is 32.0 Å². The first-order valence-electron chi connectivity index (χ1n) is 8.67. The third kappa shape index (κ3) is 4.33. The molecule has 0 spiro atoms. The summed E-state index contributed by atoms with van der Waals surface area (Å²) in [4.78, 5) is 12.5. The minimum absolute atomic E-state index is 0.0730. The number of thioether (sulfide) groups is 1. The van der Waals surface area contributed by atoms with Crippen molar-refractivity contribution in [2.45, 2.75) is 37.3 Å². The van der Waals surface area contributed by atoms with Crippen molar-refractivity contribution in [3.63, 3.8) is 0 Å². The Morgan fingerprint density at radius 1 is 1.30 bits per heavy atom. The van der Waals surface area contributed by atoms with E-state index >= 15 is 0 Å². The van der Waals surface area contributed by atoms with Crippen molar-refractivity contribution in [3.8, 4) is 17.3 Å². The van der Waals surface area contributed by atoms with Gasteiger partial charge in [0.05, 0.1) is 18.6 Å². The lowest BCUT2D eigenvalue weighted by Crippen LogP contribution is -2.30. The second-order valence-electron chi connectivity index (χ2n) is 5.82. The van der Waals surface area contributed by atoms with E-state index in [9.17, 15) is 4.79 Å². The second-order valence-corrected chi connectivity index (χ2v) is 7.13. The zero-order valence-electron chi connectivity index (χ0n) is 15.5. The monoisotopic (exact) mass is 386 g/mol. The lowest BCUT2D eigenvalue weighted by atomic mass is 10.2. The Kier molecular flexibility index (Phi) is 6.18. The third-order valence-corrected chi connectivity index (χ3v) is 5.15. The summed E-state index contributed by atoms with van der Waals surface area (Å²) in [6, 6.07) is 11.3. The van der Waals surface area contributed by atoms with Gasteiger partial charge in [0.25, 0.3) is 0 Å². The van der Waals surface area contributed by atoms with Gasteiger partial charge in [-0.15, -0.1) is 10.2 Å². The van der Waals surface area contributed by atoms with Crippen LogP contribution in [0, 0.1) is 0 Å². The molecule has 1 amide bonds. The Balaban J connectivity index is 1.65. The Morgan fingerprint density at radius 2 is 2.11 bits per heavy atom. The van der Waals surface area contributed by atoms with Crippen LogP contribution in [0.3, 0.4) is 0 Å². The van der Waals surface area contributed by atoms with Crippen molar-refractivity contribution in [1.29, 1.82) is 0 Å². The number of rotatable bonds is 8. The molecule has 27 heavy (non-hydrogen) atoms. The molecule has 0 aliphatic carbocycles. The fraction of sp³-hybridized carbons (Fsp3) is 0.316. The van der Waals surface area contributed by atoms with E-state index in [0.717, 1.165) is 11.3 Å². The van der Waals surface area contributed by atoms with Crippen molar-refractivity contribution in [3.05, 3.63) is 48.2 Å². The van der Waals surface area contributed by atoms with Crippen LogP contribution in [0.2, 0.25) is 0 Å². The molecule has 1 aromatic carbocycles. The average Bonchev–Trinajstić information content (AvgIpc) is 3.35. The molecule has 0 aliphatic heterocycles. The first-order chi connectivity index (χ1) is 13.1. The molecular formula is C19H22N4O3S. The molecule has 8 heteroatoms. The first kappa shape index (κ1) is 19.0. The summed E-state index contributed by atoms with van der Waals surface area (Å²) in [6.45, 7) is 4.95. The molecule has 0 saturated heterocycles. The number of nitrogens with one attached hydrogen (secondary N) is 1. The number of furan rings is 1. The molecule has 2 heterocycles. The molecular weight excluding hydrogens is 364 g/mol. The van der Waals surface area contributed by atoms with Gasteiger partial charge in [-0.2, -0.15) is 0 Å². The van der Waals surface area contributed by atoms with Crippen molar-refractivity contribution < 1.29 is 13.9 Å². The maximum atomic E-state index is 12.5. The van der Waals surface area contributed by atoms with Crippen LogP contribution in [0.1, 0.15) is 19.4 Å². The number of hydrogen-bond acceptors (Lipinski definition) is 6. The Labute approximate surface area is 162 Å². The highest BCUT2D eigenvalue weighted by atomic mass is 32.2. The summed E-state index contributed by atoms with van der Waals surface area (Å²) in [5, 5.41) is 11.7. The Morgan fingerprint density at radius 3 is 2.81 bits per heavy atom. The van der Waals surface area contributed by atoms with Gasteiger partial charge < -0.3 is 14.5 Å². The lowest BCUT2D eigenvalue weighted by molar-refractivity contribution is -0.120. The van der Waals surface area contributed by atoms with Gasteiger partial charge in [-0.3, -0.25) is 9.36 Å². The van der Waals surface area contributed by atoms with E-state index in [-0.39, 0.29) is 11.2 Å². The minimum atomic E-state index is -0.321. The molecule has 1 N–H and O–H groups in total. The Bertz CT molecular complexity index is 892. The SMILES string of the molecule is CCn1c(SC(C)C(=O)NCc2ccccc2OC)nnc1-c1ccco1. The van der Waals surface area contributed by atoms with Crippen LogP contribution in [-0.2, 0) is 17.9 Å². The van der Waals surface area contributed by atoms with E-state index in [1.807, 2.05) is 54.8 Å². The van der Waals surface area contributed by atoms with E-state index in [0.29, 0.717) is 29.8 Å². The maximum Gasteiger partial charge on any atom is 0.233 e. The normalized spacial score (nSPS) is 12.0. The minimum Gasteiger partial charge on any atom is -0.496 e. The number of nitrogens with zero attached hydrogens (tertiary/aromatic N) is 3. The number of carbonyl (C=O) groups is 1. The molecule has 0 fully saturated rings. The van der Waals surface area contributed by atoms with Crippen LogP contribution in [0.25, 0.3) is 11.6 Å². The number of para-hydroxylation sites is 1.